The van der Waals surface area contributed by atoms with Gasteiger partial charge in [-0.15, -0.1) is 0 Å². The predicted octanol–water partition coefficient (Wildman–Crippen LogP) is 3.99. The van der Waals surface area contributed by atoms with Crippen LogP contribution in [0.3, 0.4) is 0 Å². The van der Waals surface area contributed by atoms with Crippen LogP contribution in [0.25, 0.3) is 0 Å². The van der Waals surface area contributed by atoms with Gasteiger partial charge in [-0.2, -0.15) is 5.26 Å². The summed E-state index contributed by atoms with van der Waals surface area (Å²) in [5.41, 5.74) is 0.627. The maximum Gasteiger partial charge on any atom is 0.323 e. The van der Waals surface area contributed by atoms with E-state index in [0.717, 1.165) is 6.07 Å². The summed E-state index contributed by atoms with van der Waals surface area (Å²) in [5.74, 6) is -0.635. The van der Waals surface area contributed by atoms with E-state index in [1.165, 1.54) is 12.1 Å². The number of carbonyl (C=O) groups is 1. The lowest BCUT2D eigenvalue weighted by Gasteiger charge is -2.09. The average molecular weight is 290 g/mol. The van der Waals surface area contributed by atoms with Gasteiger partial charge in [0.2, 0.25) is 0 Å². The number of urea groups is 1. The molecule has 0 radical (unpaired) electrons. The van der Waals surface area contributed by atoms with Gasteiger partial charge >= 0.3 is 6.03 Å². The summed E-state index contributed by atoms with van der Waals surface area (Å²) in [6, 6.07) is 11.7. The third-order valence-electron chi connectivity index (χ3n) is 2.47. The number of nitrogens with one attached hydrogen (secondary N) is 2. The van der Waals surface area contributed by atoms with Gasteiger partial charge in [0.05, 0.1) is 16.3 Å². The number of nitrogens with zero attached hydrogens (tertiary/aromatic N) is 1. The van der Waals surface area contributed by atoms with Gasteiger partial charge in [-0.05, 0) is 30.3 Å². The third kappa shape index (κ3) is 3.25. The molecule has 100 valence electrons. The molecule has 2 rings (SSSR count). The maximum absolute atomic E-state index is 13.1. The summed E-state index contributed by atoms with van der Waals surface area (Å²) in [6.45, 7) is 0. The largest absolute Gasteiger partial charge is 0.323 e. The Hall–Kier alpha value is -2.58. The smallest absolute Gasteiger partial charge is 0.308 e. The minimum Gasteiger partial charge on any atom is -0.308 e. The second-order valence-electron chi connectivity index (χ2n) is 3.87. The molecule has 2 N–H and O–H groups in total. The Kier molecular flexibility index (Phi) is 4.18. The highest BCUT2D eigenvalue weighted by Gasteiger charge is 2.07. The molecule has 0 bridgehead atoms. The Bertz CT molecular complexity index is 697. The average Bonchev–Trinajstić information content (AvgIpc) is 2.43. The fourth-order valence-corrected chi connectivity index (χ4v) is 1.72. The van der Waals surface area contributed by atoms with Crippen molar-refractivity contribution in [1.82, 2.24) is 0 Å². The summed E-state index contributed by atoms with van der Waals surface area (Å²) >= 11 is 5.90. The Morgan fingerprint density at radius 3 is 2.65 bits per heavy atom. The monoisotopic (exact) mass is 289 g/mol. The Balaban J connectivity index is 2.09. The second-order valence-corrected chi connectivity index (χ2v) is 4.27. The lowest BCUT2D eigenvalue weighted by molar-refractivity contribution is 0.262. The Labute approximate surface area is 119 Å². The minimum absolute atomic E-state index is 0.138. The summed E-state index contributed by atoms with van der Waals surface area (Å²) in [4.78, 5) is 11.8. The highest BCUT2D eigenvalue weighted by atomic mass is 35.5. The number of benzene rings is 2. The van der Waals surface area contributed by atoms with Crippen LogP contribution in [0.15, 0.2) is 42.5 Å². The normalized spacial score (nSPS) is 9.65. The molecule has 6 heteroatoms. The first kappa shape index (κ1) is 13.8. The highest BCUT2D eigenvalue weighted by Crippen LogP contribution is 2.21. The summed E-state index contributed by atoms with van der Waals surface area (Å²) < 4.78 is 13.1. The molecule has 0 aliphatic carbocycles. The molecule has 2 amide bonds. The molecule has 2 aromatic rings. The maximum atomic E-state index is 13.1. The zero-order valence-electron chi connectivity index (χ0n) is 10.2. The van der Waals surface area contributed by atoms with Crippen molar-refractivity contribution in [3.63, 3.8) is 0 Å². The summed E-state index contributed by atoms with van der Waals surface area (Å²) in [6.07, 6.45) is 0. The topological polar surface area (TPSA) is 64.9 Å². The molecule has 0 aliphatic rings. The minimum atomic E-state index is -0.635. The van der Waals surface area contributed by atoms with Crippen LogP contribution in [0.4, 0.5) is 20.6 Å². The molecular formula is C14H9ClFN3O. The van der Waals surface area contributed by atoms with E-state index in [0.29, 0.717) is 16.4 Å². The molecule has 0 heterocycles. The highest BCUT2D eigenvalue weighted by molar-refractivity contribution is 6.33. The van der Waals surface area contributed by atoms with Crippen molar-refractivity contribution in [2.45, 2.75) is 0 Å². The van der Waals surface area contributed by atoms with Crippen LogP contribution >= 0.6 is 11.6 Å². The molecule has 0 atom stereocenters. The Morgan fingerprint density at radius 2 is 1.95 bits per heavy atom. The zero-order chi connectivity index (χ0) is 14.5. The van der Waals surface area contributed by atoms with E-state index < -0.39 is 11.8 Å². The lowest BCUT2D eigenvalue weighted by atomic mass is 10.2. The van der Waals surface area contributed by atoms with Crippen LogP contribution in [-0.4, -0.2) is 6.03 Å². The van der Waals surface area contributed by atoms with Gasteiger partial charge in [0.25, 0.3) is 0 Å². The number of para-hydroxylation sites is 1. The number of hydrogen-bond donors (Lipinski definition) is 2. The van der Waals surface area contributed by atoms with Gasteiger partial charge in [0, 0.05) is 5.69 Å². The molecule has 0 unspecified atom stereocenters. The van der Waals surface area contributed by atoms with Gasteiger partial charge < -0.3 is 10.6 Å². The van der Waals surface area contributed by atoms with E-state index >= 15 is 0 Å². The van der Waals surface area contributed by atoms with E-state index in [-0.39, 0.29) is 5.56 Å². The first-order valence-electron chi connectivity index (χ1n) is 5.62. The number of anilines is 2. The molecule has 4 nitrogen and oxygen atoms in total. The fraction of sp³-hybridized carbons (Fsp3) is 0. The van der Waals surface area contributed by atoms with Crippen molar-refractivity contribution in [3.8, 4) is 6.07 Å². The van der Waals surface area contributed by atoms with Gasteiger partial charge in [-0.3, -0.25) is 0 Å². The van der Waals surface area contributed by atoms with Crippen molar-refractivity contribution >= 4 is 29.0 Å². The van der Waals surface area contributed by atoms with Gasteiger partial charge in [-0.1, -0.05) is 23.7 Å². The first-order chi connectivity index (χ1) is 9.60. The standard InChI is InChI=1S/C14H9ClFN3O/c15-11-3-1-2-4-13(11)19-14(20)18-10-5-6-12(16)9(7-10)8-17/h1-7H,(H2,18,19,20). The molecule has 2 aromatic carbocycles. The number of carbonyl (C=O) groups excluding carboxylic acids is 1. The van der Waals surface area contributed by atoms with Crippen LogP contribution in [0.1, 0.15) is 5.56 Å². The van der Waals surface area contributed by atoms with Crippen LogP contribution in [0.5, 0.6) is 0 Å². The molecule has 0 saturated carbocycles. The number of amides is 2. The predicted molar refractivity (Wildman–Crippen MR) is 75.2 cm³/mol. The van der Waals surface area contributed by atoms with Crippen LogP contribution in [0, 0.1) is 17.1 Å². The van der Waals surface area contributed by atoms with Crippen LogP contribution in [0.2, 0.25) is 5.02 Å². The molecule has 0 aliphatic heterocycles. The van der Waals surface area contributed by atoms with E-state index in [4.69, 9.17) is 16.9 Å². The molecular weight excluding hydrogens is 281 g/mol. The molecule has 20 heavy (non-hydrogen) atoms. The van der Waals surface area contributed by atoms with Crippen molar-refractivity contribution in [3.05, 3.63) is 58.9 Å². The SMILES string of the molecule is N#Cc1cc(NC(=O)Nc2ccccc2Cl)ccc1F. The fourth-order valence-electron chi connectivity index (χ4n) is 1.54. The van der Waals surface area contributed by atoms with Crippen molar-refractivity contribution in [2.75, 3.05) is 10.6 Å². The third-order valence-corrected chi connectivity index (χ3v) is 2.80. The first-order valence-corrected chi connectivity index (χ1v) is 6.00. The number of halogens is 2. The number of rotatable bonds is 2. The van der Waals surface area contributed by atoms with Gasteiger partial charge in [0.1, 0.15) is 11.9 Å². The van der Waals surface area contributed by atoms with E-state index in [1.54, 1.807) is 30.3 Å². The van der Waals surface area contributed by atoms with Crippen molar-refractivity contribution < 1.29 is 9.18 Å². The molecule has 0 aromatic heterocycles. The number of hydrogen-bond acceptors (Lipinski definition) is 2. The molecule has 0 fully saturated rings. The summed E-state index contributed by atoms with van der Waals surface area (Å²) in [5, 5.41) is 14.2. The molecule has 0 spiro atoms. The lowest BCUT2D eigenvalue weighted by Crippen LogP contribution is -2.19. The van der Waals surface area contributed by atoms with Crippen LogP contribution in [-0.2, 0) is 0 Å². The van der Waals surface area contributed by atoms with Gasteiger partial charge in [-0.25, -0.2) is 9.18 Å². The zero-order valence-corrected chi connectivity index (χ0v) is 10.9. The van der Waals surface area contributed by atoms with Crippen molar-refractivity contribution in [1.29, 1.82) is 5.26 Å². The summed E-state index contributed by atoms with van der Waals surface area (Å²) in [7, 11) is 0. The van der Waals surface area contributed by atoms with Crippen LogP contribution < -0.4 is 10.6 Å². The van der Waals surface area contributed by atoms with Gasteiger partial charge in [0.15, 0.2) is 0 Å². The number of nitriles is 1. The second kappa shape index (κ2) is 6.04. The van der Waals surface area contributed by atoms with E-state index in [2.05, 4.69) is 10.6 Å². The molecule has 0 saturated heterocycles. The van der Waals surface area contributed by atoms with E-state index in [9.17, 15) is 9.18 Å². The van der Waals surface area contributed by atoms with E-state index in [1.807, 2.05) is 0 Å². The Morgan fingerprint density at radius 1 is 1.20 bits per heavy atom. The quantitative estimate of drug-likeness (QED) is 0.878. The van der Waals surface area contributed by atoms with Crippen molar-refractivity contribution in [2.24, 2.45) is 0 Å².